The number of benzene rings is 7. The minimum atomic E-state index is -5.00. The number of phenols is 1. The number of aromatic hydroxyl groups is 1. The van der Waals surface area contributed by atoms with Crippen molar-refractivity contribution in [2.75, 3.05) is 5.73 Å². The molecule has 24 heteroatoms. The Labute approximate surface area is 339 Å². The molecule has 7 aromatic carbocycles. The fraction of sp³-hybridized carbons (Fsp3) is 0. The second-order valence-corrected chi connectivity index (χ2v) is 18.3. The van der Waals surface area contributed by atoms with Crippen LogP contribution in [-0.4, -0.2) is 57.0 Å². The lowest BCUT2D eigenvalue weighted by atomic mass is 10.1. The van der Waals surface area contributed by atoms with E-state index in [0.29, 0.717) is 0 Å². The summed E-state index contributed by atoms with van der Waals surface area (Å²) in [5, 5.41) is 36.5. The molecule has 306 valence electrons. The predicted octanol–water partition coefficient (Wildman–Crippen LogP) is 8.67. The van der Waals surface area contributed by atoms with Gasteiger partial charge in [0.2, 0.25) is 0 Å². The van der Waals surface area contributed by atoms with Crippen LogP contribution < -0.4 is 5.73 Å². The van der Waals surface area contributed by atoms with Crippen molar-refractivity contribution in [1.29, 1.82) is 0 Å². The SMILES string of the molecule is Nc1ccc2c(O)c(N=Nc3ccc(N=Nc4ccc(N=Nc5cccc(S(=O)(=O)O)c5)c5cc(S(=O)(=O)O)ccc45)c4ccc(S(=O)(=O)O)cc34)c(S(=O)(=O)O)cc2c1. The van der Waals surface area contributed by atoms with E-state index in [9.17, 15) is 57.0 Å². The van der Waals surface area contributed by atoms with E-state index in [1.165, 1.54) is 66.7 Å². The zero-order chi connectivity index (χ0) is 43.4. The molecular formula is C36H25N7O13S4. The Morgan fingerprint density at radius 1 is 0.417 bits per heavy atom. The first kappa shape index (κ1) is 41.5. The lowest BCUT2D eigenvalue weighted by Gasteiger charge is -2.10. The molecule has 0 unspecified atom stereocenters. The minimum Gasteiger partial charge on any atom is -0.505 e. The molecule has 20 nitrogen and oxygen atoms in total. The van der Waals surface area contributed by atoms with Crippen molar-refractivity contribution in [3.63, 3.8) is 0 Å². The first-order valence-electron chi connectivity index (χ1n) is 16.5. The van der Waals surface area contributed by atoms with Crippen LogP contribution >= 0.6 is 0 Å². The normalized spacial score (nSPS) is 13.1. The fourth-order valence-corrected chi connectivity index (χ4v) is 8.15. The van der Waals surface area contributed by atoms with Crippen LogP contribution in [0.2, 0.25) is 0 Å². The molecular weight excluding hydrogens is 867 g/mol. The molecule has 7 N–H and O–H groups in total. The topological polar surface area (TPSA) is 338 Å². The van der Waals surface area contributed by atoms with Gasteiger partial charge >= 0.3 is 0 Å². The highest BCUT2D eigenvalue weighted by Gasteiger charge is 2.23. The summed E-state index contributed by atoms with van der Waals surface area (Å²) in [6, 6.07) is 22.4. The number of hydrogen-bond acceptors (Lipinski definition) is 16. The molecule has 0 bridgehead atoms. The van der Waals surface area contributed by atoms with E-state index in [2.05, 4.69) is 30.7 Å². The van der Waals surface area contributed by atoms with E-state index >= 15 is 0 Å². The highest BCUT2D eigenvalue weighted by Crippen LogP contribution is 2.44. The second kappa shape index (κ2) is 15.2. The first-order valence-corrected chi connectivity index (χ1v) is 22.3. The molecule has 60 heavy (non-hydrogen) atoms. The van der Waals surface area contributed by atoms with Gasteiger partial charge in [0.05, 0.1) is 43.1 Å². The average molecular weight is 892 g/mol. The third-order valence-corrected chi connectivity index (χ3v) is 12.2. The highest BCUT2D eigenvalue weighted by molar-refractivity contribution is 7.86. The number of azo groups is 3. The summed E-state index contributed by atoms with van der Waals surface area (Å²) in [6.07, 6.45) is 0. The van der Waals surface area contributed by atoms with E-state index in [1.807, 2.05) is 0 Å². The summed E-state index contributed by atoms with van der Waals surface area (Å²) >= 11 is 0. The van der Waals surface area contributed by atoms with Gasteiger partial charge in [0, 0.05) is 32.6 Å². The molecule has 0 aromatic heterocycles. The molecule has 0 aliphatic heterocycles. The van der Waals surface area contributed by atoms with Gasteiger partial charge in [-0.2, -0.15) is 38.8 Å². The van der Waals surface area contributed by atoms with E-state index < -0.39 is 71.5 Å². The largest absolute Gasteiger partial charge is 0.505 e. The standard InChI is InChI=1S/C36H25N7O13S4/c37-20-4-7-25-19(14-20)15-34(60(54,55)56)35(36(25)44)43-42-33-13-11-31(27-9-6-24(18-29(27)33)59(51,52)53)41-40-30-10-12-32(28-17-23(58(48,49)50)5-8-26(28)30)39-38-21-2-1-3-22(16-21)57(45,46)47/h1-18,44H,37H2,(H,45,46,47)(H,48,49,50)(H,51,52,53)(H,54,55,56). The van der Waals surface area contributed by atoms with Gasteiger partial charge in [-0.25, -0.2) is 0 Å². The van der Waals surface area contributed by atoms with E-state index in [1.54, 1.807) is 0 Å². The molecule has 0 saturated carbocycles. The maximum atomic E-state index is 12.4. The molecule has 0 radical (unpaired) electrons. The van der Waals surface area contributed by atoms with Crippen molar-refractivity contribution in [2.24, 2.45) is 30.7 Å². The van der Waals surface area contributed by atoms with Crippen LogP contribution in [-0.2, 0) is 40.5 Å². The Bertz CT molecular complexity index is 3530. The molecule has 0 aliphatic rings. The Morgan fingerprint density at radius 2 is 0.867 bits per heavy atom. The molecule has 0 saturated heterocycles. The third-order valence-electron chi connectivity index (χ3n) is 8.74. The van der Waals surface area contributed by atoms with Gasteiger partial charge in [-0.15, -0.1) is 25.6 Å². The third kappa shape index (κ3) is 8.56. The van der Waals surface area contributed by atoms with E-state index in [0.717, 1.165) is 42.5 Å². The molecule has 7 rings (SSSR count). The molecule has 0 spiro atoms. The number of anilines is 1. The van der Waals surface area contributed by atoms with Gasteiger partial charge in [-0.05, 0) is 96.4 Å². The van der Waals surface area contributed by atoms with Gasteiger partial charge in [-0.3, -0.25) is 18.2 Å². The summed E-state index contributed by atoms with van der Waals surface area (Å²) in [6.45, 7) is 0. The summed E-state index contributed by atoms with van der Waals surface area (Å²) in [7, 11) is -19.1. The van der Waals surface area contributed by atoms with Crippen molar-refractivity contribution < 1.29 is 57.0 Å². The van der Waals surface area contributed by atoms with Crippen LogP contribution in [0.4, 0.5) is 39.8 Å². The second-order valence-electron chi connectivity index (χ2n) is 12.7. The summed E-state index contributed by atoms with van der Waals surface area (Å²) in [5.74, 6) is -0.674. The molecule has 0 amide bonds. The van der Waals surface area contributed by atoms with Crippen LogP contribution in [0.3, 0.4) is 0 Å². The summed E-state index contributed by atoms with van der Waals surface area (Å²) in [4.78, 5) is -2.34. The van der Waals surface area contributed by atoms with Crippen molar-refractivity contribution in [3.05, 3.63) is 109 Å². The average Bonchev–Trinajstić information content (AvgIpc) is 3.17. The molecule has 0 aliphatic carbocycles. The minimum absolute atomic E-state index is 0.0109. The van der Waals surface area contributed by atoms with E-state index in [-0.39, 0.29) is 66.4 Å². The van der Waals surface area contributed by atoms with Gasteiger partial charge in [0.1, 0.15) is 10.6 Å². The van der Waals surface area contributed by atoms with Crippen LogP contribution in [0.15, 0.2) is 159 Å². The molecule has 7 aromatic rings. The smallest absolute Gasteiger partial charge is 0.296 e. The number of nitrogens with two attached hydrogens (primary N) is 1. The maximum Gasteiger partial charge on any atom is 0.296 e. The van der Waals surface area contributed by atoms with Crippen molar-refractivity contribution in [2.45, 2.75) is 19.6 Å². The van der Waals surface area contributed by atoms with Gasteiger partial charge in [0.25, 0.3) is 40.5 Å². The van der Waals surface area contributed by atoms with Crippen LogP contribution in [0, 0.1) is 0 Å². The Kier molecular flexibility index (Phi) is 10.5. The zero-order valence-electron chi connectivity index (χ0n) is 29.8. The zero-order valence-corrected chi connectivity index (χ0v) is 33.1. The lowest BCUT2D eigenvalue weighted by Crippen LogP contribution is -1.99. The van der Waals surface area contributed by atoms with E-state index in [4.69, 9.17) is 5.73 Å². The summed E-state index contributed by atoms with van der Waals surface area (Å²) < 4.78 is 135. The number of nitrogen functional groups attached to an aromatic ring is 1. The van der Waals surface area contributed by atoms with Gasteiger partial charge < -0.3 is 10.8 Å². The van der Waals surface area contributed by atoms with Gasteiger partial charge in [0.15, 0.2) is 5.75 Å². The Morgan fingerprint density at radius 3 is 1.37 bits per heavy atom. The highest BCUT2D eigenvalue weighted by atomic mass is 32.2. The number of rotatable bonds is 10. The van der Waals surface area contributed by atoms with Crippen LogP contribution in [0.5, 0.6) is 5.75 Å². The van der Waals surface area contributed by atoms with Gasteiger partial charge in [-0.1, -0.05) is 18.2 Å². The summed E-state index contributed by atoms with van der Waals surface area (Å²) in [5.41, 5.74) is 5.52. The number of nitrogens with zero attached hydrogens (tertiary/aromatic N) is 6. The number of phenolic OH excluding ortho intramolecular Hbond substituents is 1. The number of hydrogen-bond donors (Lipinski definition) is 6. The Balaban J connectivity index is 1.34. The number of fused-ring (bicyclic) bond motifs is 3. The predicted molar refractivity (Wildman–Crippen MR) is 216 cm³/mol. The lowest BCUT2D eigenvalue weighted by molar-refractivity contribution is 0.472. The molecule has 0 atom stereocenters. The van der Waals surface area contributed by atoms with Crippen molar-refractivity contribution in [3.8, 4) is 5.75 Å². The Hall–Kier alpha value is -6.64. The monoisotopic (exact) mass is 891 g/mol. The van der Waals surface area contributed by atoms with Crippen LogP contribution in [0.25, 0.3) is 32.3 Å². The first-order chi connectivity index (χ1) is 28.1. The molecule has 0 heterocycles. The fourth-order valence-electron chi connectivity index (χ4n) is 5.95. The quantitative estimate of drug-likeness (QED) is 0.0425. The van der Waals surface area contributed by atoms with Crippen molar-refractivity contribution >= 4 is 113 Å². The van der Waals surface area contributed by atoms with Crippen molar-refractivity contribution in [1.82, 2.24) is 0 Å². The maximum absolute atomic E-state index is 12.4. The molecule has 0 fully saturated rings. The van der Waals surface area contributed by atoms with Crippen LogP contribution in [0.1, 0.15) is 0 Å².